The average Bonchev–Trinajstić information content (AvgIpc) is 2.65. The molecular formula is C16H23BN2O3. The van der Waals surface area contributed by atoms with Crippen molar-refractivity contribution in [2.45, 2.75) is 45.8 Å². The molecule has 2 N–H and O–H groups in total. The predicted molar refractivity (Wildman–Crippen MR) is 87.4 cm³/mol. The molecule has 6 heteroatoms. The van der Waals surface area contributed by atoms with Crippen LogP contribution in [0.4, 0.5) is 0 Å². The lowest BCUT2D eigenvalue weighted by molar-refractivity contribution is 0.00578. The molecule has 0 atom stereocenters. The SMILES string of the molecule is CC(=O)c1ccc(C=C(CN)B2OC(C)(C)C(C)(C)O2)nc1. The first-order valence-electron chi connectivity index (χ1n) is 7.39. The quantitative estimate of drug-likeness (QED) is 0.682. The lowest BCUT2D eigenvalue weighted by Crippen LogP contribution is -2.41. The van der Waals surface area contributed by atoms with Crippen LogP contribution in [0.5, 0.6) is 0 Å². The summed E-state index contributed by atoms with van der Waals surface area (Å²) in [5.41, 5.74) is 7.16. The van der Waals surface area contributed by atoms with Crippen LogP contribution in [0.15, 0.2) is 23.8 Å². The van der Waals surface area contributed by atoms with E-state index in [2.05, 4.69) is 4.98 Å². The van der Waals surface area contributed by atoms with Crippen molar-refractivity contribution in [2.24, 2.45) is 5.73 Å². The Kier molecular flexibility index (Phi) is 4.56. The number of Topliss-reactive ketones (excluding diaryl/α,β-unsaturated/α-hetero) is 1. The van der Waals surface area contributed by atoms with Crippen LogP contribution in [0.3, 0.4) is 0 Å². The molecule has 1 fully saturated rings. The fourth-order valence-corrected chi connectivity index (χ4v) is 2.11. The lowest BCUT2D eigenvalue weighted by Gasteiger charge is -2.32. The van der Waals surface area contributed by atoms with Crippen molar-refractivity contribution in [2.75, 3.05) is 6.54 Å². The van der Waals surface area contributed by atoms with Gasteiger partial charge in [-0.3, -0.25) is 9.78 Å². The third kappa shape index (κ3) is 3.29. The third-order valence-electron chi connectivity index (χ3n) is 4.32. The Balaban J connectivity index is 2.23. The molecule has 0 bridgehead atoms. The van der Waals surface area contributed by atoms with Crippen molar-refractivity contribution < 1.29 is 14.1 Å². The number of carbonyl (C=O) groups is 1. The summed E-state index contributed by atoms with van der Waals surface area (Å²) in [5.74, 6) is -0.00645. The van der Waals surface area contributed by atoms with Crippen LogP contribution in [0, 0.1) is 0 Å². The van der Waals surface area contributed by atoms with E-state index in [4.69, 9.17) is 15.0 Å². The minimum atomic E-state index is -0.482. The van der Waals surface area contributed by atoms with Gasteiger partial charge < -0.3 is 15.0 Å². The van der Waals surface area contributed by atoms with Crippen LogP contribution in [0.1, 0.15) is 50.7 Å². The molecule has 0 aliphatic carbocycles. The number of pyridine rings is 1. The molecular weight excluding hydrogens is 279 g/mol. The van der Waals surface area contributed by atoms with Crippen LogP contribution in [-0.2, 0) is 9.31 Å². The standard InChI is InChI=1S/C16H23BN2O3/c1-11(20)12-6-7-14(19-10-12)8-13(9-18)17-21-15(2,3)16(4,5)22-17/h6-8,10H,9,18H2,1-5H3. The zero-order valence-corrected chi connectivity index (χ0v) is 13.8. The summed E-state index contributed by atoms with van der Waals surface area (Å²) in [6.45, 7) is 9.83. The maximum Gasteiger partial charge on any atom is 0.491 e. The van der Waals surface area contributed by atoms with Gasteiger partial charge in [0, 0.05) is 18.3 Å². The predicted octanol–water partition coefficient (Wildman–Crippen LogP) is 2.26. The first-order valence-corrected chi connectivity index (χ1v) is 7.39. The molecule has 22 heavy (non-hydrogen) atoms. The lowest BCUT2D eigenvalue weighted by atomic mass is 9.77. The fourth-order valence-electron chi connectivity index (χ4n) is 2.11. The van der Waals surface area contributed by atoms with Gasteiger partial charge in [0.1, 0.15) is 0 Å². The van der Waals surface area contributed by atoms with Gasteiger partial charge in [-0.25, -0.2) is 0 Å². The highest BCUT2D eigenvalue weighted by atomic mass is 16.7. The molecule has 0 amide bonds. The van der Waals surface area contributed by atoms with Crippen LogP contribution in [-0.4, -0.2) is 35.6 Å². The van der Waals surface area contributed by atoms with E-state index in [1.807, 2.05) is 33.8 Å². The van der Waals surface area contributed by atoms with Gasteiger partial charge in [0.05, 0.1) is 16.9 Å². The summed E-state index contributed by atoms with van der Waals surface area (Å²) in [6.07, 6.45) is 3.42. The van der Waals surface area contributed by atoms with Crippen LogP contribution < -0.4 is 5.73 Å². The Hall–Kier alpha value is -1.50. The normalized spacial score (nSPS) is 20.3. The van der Waals surface area contributed by atoms with E-state index in [1.54, 1.807) is 18.3 Å². The summed E-state index contributed by atoms with van der Waals surface area (Å²) in [7, 11) is -0.482. The van der Waals surface area contributed by atoms with E-state index < -0.39 is 18.3 Å². The maximum atomic E-state index is 11.3. The fraction of sp³-hybridized carbons (Fsp3) is 0.500. The summed E-state index contributed by atoms with van der Waals surface area (Å²) in [5, 5.41) is 0. The number of hydrogen-bond acceptors (Lipinski definition) is 5. The number of hydrogen-bond donors (Lipinski definition) is 1. The molecule has 0 saturated carbocycles. The second-order valence-electron chi connectivity index (χ2n) is 6.54. The third-order valence-corrected chi connectivity index (χ3v) is 4.32. The zero-order valence-electron chi connectivity index (χ0n) is 13.8. The number of nitrogens with two attached hydrogens (primary N) is 1. The minimum absolute atomic E-state index is 0.00645. The Morgan fingerprint density at radius 3 is 2.27 bits per heavy atom. The van der Waals surface area contributed by atoms with Crippen molar-refractivity contribution in [3.63, 3.8) is 0 Å². The molecule has 1 saturated heterocycles. The van der Waals surface area contributed by atoms with E-state index in [0.717, 1.165) is 11.2 Å². The number of rotatable bonds is 4. The number of nitrogens with zero attached hydrogens (tertiary/aromatic N) is 1. The molecule has 5 nitrogen and oxygen atoms in total. The first kappa shape index (κ1) is 16.9. The topological polar surface area (TPSA) is 74.4 Å². The van der Waals surface area contributed by atoms with Gasteiger partial charge in [0.2, 0.25) is 0 Å². The van der Waals surface area contributed by atoms with Crippen molar-refractivity contribution in [3.05, 3.63) is 35.1 Å². The van der Waals surface area contributed by atoms with Gasteiger partial charge >= 0.3 is 7.12 Å². The molecule has 0 radical (unpaired) electrons. The van der Waals surface area contributed by atoms with Gasteiger partial charge in [-0.05, 0) is 58.3 Å². The van der Waals surface area contributed by atoms with Gasteiger partial charge in [-0.2, -0.15) is 0 Å². The Bertz CT molecular complexity index is 578. The van der Waals surface area contributed by atoms with E-state index in [1.165, 1.54) is 6.92 Å². The van der Waals surface area contributed by atoms with Gasteiger partial charge in [-0.1, -0.05) is 0 Å². The van der Waals surface area contributed by atoms with E-state index >= 15 is 0 Å². The second-order valence-corrected chi connectivity index (χ2v) is 6.54. The van der Waals surface area contributed by atoms with Gasteiger partial charge in [0.15, 0.2) is 5.78 Å². The highest BCUT2D eigenvalue weighted by Gasteiger charge is 2.52. The van der Waals surface area contributed by atoms with Crippen LogP contribution in [0.2, 0.25) is 0 Å². The van der Waals surface area contributed by atoms with Crippen molar-refractivity contribution in [3.8, 4) is 0 Å². The number of ketones is 1. The molecule has 2 heterocycles. The average molecular weight is 302 g/mol. The molecule has 1 aromatic rings. The molecule has 0 unspecified atom stereocenters. The van der Waals surface area contributed by atoms with E-state index in [9.17, 15) is 4.79 Å². The largest absolute Gasteiger partial charge is 0.491 e. The molecule has 118 valence electrons. The maximum absolute atomic E-state index is 11.3. The summed E-state index contributed by atoms with van der Waals surface area (Å²) in [6, 6.07) is 3.54. The minimum Gasteiger partial charge on any atom is -0.400 e. The highest BCUT2D eigenvalue weighted by Crippen LogP contribution is 2.38. The summed E-state index contributed by atoms with van der Waals surface area (Å²) in [4.78, 5) is 15.5. The summed E-state index contributed by atoms with van der Waals surface area (Å²) < 4.78 is 12.0. The number of carbonyl (C=O) groups excluding carboxylic acids is 1. The Morgan fingerprint density at radius 1 is 1.27 bits per heavy atom. The Labute approximate surface area is 132 Å². The molecule has 0 spiro atoms. The number of aromatic nitrogens is 1. The molecule has 0 aromatic carbocycles. The van der Waals surface area contributed by atoms with Crippen molar-refractivity contribution >= 4 is 19.0 Å². The van der Waals surface area contributed by atoms with Crippen molar-refractivity contribution in [1.82, 2.24) is 4.98 Å². The van der Waals surface area contributed by atoms with E-state index in [-0.39, 0.29) is 5.78 Å². The van der Waals surface area contributed by atoms with Crippen LogP contribution >= 0.6 is 0 Å². The first-order chi connectivity index (χ1) is 10.2. The molecule has 1 aliphatic heterocycles. The summed E-state index contributed by atoms with van der Waals surface area (Å²) >= 11 is 0. The van der Waals surface area contributed by atoms with Crippen molar-refractivity contribution in [1.29, 1.82) is 0 Å². The van der Waals surface area contributed by atoms with Gasteiger partial charge in [-0.15, -0.1) is 0 Å². The van der Waals surface area contributed by atoms with Crippen LogP contribution in [0.25, 0.3) is 6.08 Å². The monoisotopic (exact) mass is 302 g/mol. The molecule has 2 rings (SSSR count). The smallest absolute Gasteiger partial charge is 0.400 e. The second kappa shape index (κ2) is 5.95. The zero-order chi connectivity index (χ0) is 16.5. The highest BCUT2D eigenvalue weighted by molar-refractivity contribution is 6.55. The van der Waals surface area contributed by atoms with E-state index in [0.29, 0.717) is 12.1 Å². The Morgan fingerprint density at radius 2 is 1.86 bits per heavy atom. The molecule has 1 aromatic heterocycles. The van der Waals surface area contributed by atoms with Gasteiger partial charge in [0.25, 0.3) is 0 Å². The molecule has 1 aliphatic rings.